The highest BCUT2D eigenvalue weighted by Crippen LogP contribution is 2.31. The highest BCUT2D eigenvalue weighted by atomic mass is 16.6. The molecule has 0 aromatic heterocycles. The Balaban J connectivity index is 1.74. The van der Waals surface area contributed by atoms with Crippen LogP contribution in [-0.4, -0.2) is 58.8 Å². The number of piperazine rings is 1. The van der Waals surface area contributed by atoms with Gasteiger partial charge in [0.15, 0.2) is 0 Å². The van der Waals surface area contributed by atoms with E-state index in [0.717, 1.165) is 12.8 Å². The second-order valence-electron chi connectivity index (χ2n) is 6.21. The molecule has 1 aromatic rings. The van der Waals surface area contributed by atoms with Gasteiger partial charge in [-0.2, -0.15) is 0 Å². The van der Waals surface area contributed by atoms with Crippen LogP contribution in [0.1, 0.15) is 30.1 Å². The molecule has 128 valence electrons. The molecule has 0 bridgehead atoms. The quantitative estimate of drug-likeness (QED) is 0.665. The molecule has 1 aromatic carbocycles. The van der Waals surface area contributed by atoms with Crippen LogP contribution in [0, 0.1) is 10.1 Å². The molecule has 1 heterocycles. The van der Waals surface area contributed by atoms with Crippen LogP contribution < -0.4 is 5.32 Å². The first kappa shape index (κ1) is 16.2. The number of nitrogens with one attached hydrogen (secondary N) is 1. The van der Waals surface area contributed by atoms with Crippen molar-refractivity contribution in [1.82, 2.24) is 9.80 Å². The number of benzene rings is 1. The standard InChI is InChI=1S/C16H20N4O4/c1-11(21)18-6-8-19(9-7-18)16(22)12-2-5-14(17-13-3-4-13)15(10-12)20(23)24/h2,5,10,13,17H,3-4,6-9H2,1H3. The number of nitro benzene ring substituents is 1. The molecule has 2 amide bonds. The number of hydrogen-bond acceptors (Lipinski definition) is 5. The fourth-order valence-electron chi connectivity index (χ4n) is 2.79. The van der Waals surface area contributed by atoms with Crippen LogP contribution in [0.3, 0.4) is 0 Å². The number of carbonyl (C=O) groups is 2. The summed E-state index contributed by atoms with van der Waals surface area (Å²) in [4.78, 5) is 38.1. The van der Waals surface area contributed by atoms with Crippen molar-refractivity contribution in [3.8, 4) is 0 Å². The molecule has 2 aliphatic rings. The zero-order chi connectivity index (χ0) is 17.3. The van der Waals surface area contributed by atoms with Crippen molar-refractivity contribution in [1.29, 1.82) is 0 Å². The van der Waals surface area contributed by atoms with Gasteiger partial charge in [0, 0.05) is 50.8 Å². The topological polar surface area (TPSA) is 95.8 Å². The summed E-state index contributed by atoms with van der Waals surface area (Å²) in [5, 5.41) is 14.4. The van der Waals surface area contributed by atoms with Crippen molar-refractivity contribution in [2.45, 2.75) is 25.8 Å². The zero-order valence-corrected chi connectivity index (χ0v) is 13.5. The van der Waals surface area contributed by atoms with Gasteiger partial charge in [-0.15, -0.1) is 0 Å². The fourth-order valence-corrected chi connectivity index (χ4v) is 2.79. The second-order valence-corrected chi connectivity index (χ2v) is 6.21. The Hall–Kier alpha value is -2.64. The molecule has 1 aliphatic carbocycles. The van der Waals surface area contributed by atoms with Crippen molar-refractivity contribution in [2.24, 2.45) is 0 Å². The fraction of sp³-hybridized carbons (Fsp3) is 0.500. The predicted octanol–water partition coefficient (Wildman–Crippen LogP) is 1.47. The minimum atomic E-state index is -0.463. The molecule has 1 aliphatic heterocycles. The number of hydrogen-bond donors (Lipinski definition) is 1. The van der Waals surface area contributed by atoms with Gasteiger partial charge in [-0.25, -0.2) is 0 Å². The van der Waals surface area contributed by atoms with Gasteiger partial charge >= 0.3 is 0 Å². The van der Waals surface area contributed by atoms with E-state index in [-0.39, 0.29) is 17.5 Å². The van der Waals surface area contributed by atoms with Crippen molar-refractivity contribution < 1.29 is 14.5 Å². The van der Waals surface area contributed by atoms with Gasteiger partial charge in [0.1, 0.15) is 5.69 Å². The largest absolute Gasteiger partial charge is 0.377 e. The summed E-state index contributed by atoms with van der Waals surface area (Å²) < 4.78 is 0. The van der Waals surface area contributed by atoms with Crippen LogP contribution >= 0.6 is 0 Å². The molecule has 1 saturated carbocycles. The van der Waals surface area contributed by atoms with Gasteiger partial charge in [0.05, 0.1) is 4.92 Å². The van der Waals surface area contributed by atoms with E-state index in [1.54, 1.807) is 21.9 Å². The molecule has 24 heavy (non-hydrogen) atoms. The van der Waals surface area contributed by atoms with Crippen molar-refractivity contribution in [3.05, 3.63) is 33.9 Å². The van der Waals surface area contributed by atoms with E-state index in [9.17, 15) is 19.7 Å². The normalized spacial score (nSPS) is 17.5. The van der Waals surface area contributed by atoms with Crippen molar-refractivity contribution in [2.75, 3.05) is 31.5 Å². The van der Waals surface area contributed by atoms with Crippen LogP contribution in [-0.2, 0) is 4.79 Å². The minimum absolute atomic E-state index is 0.00626. The van der Waals surface area contributed by atoms with Gasteiger partial charge < -0.3 is 15.1 Å². The van der Waals surface area contributed by atoms with Crippen LogP contribution in [0.5, 0.6) is 0 Å². The summed E-state index contributed by atoms with van der Waals surface area (Å²) in [6.45, 7) is 3.37. The maximum atomic E-state index is 12.6. The van der Waals surface area contributed by atoms with Gasteiger partial charge in [-0.1, -0.05) is 0 Å². The predicted molar refractivity (Wildman–Crippen MR) is 87.9 cm³/mol. The van der Waals surface area contributed by atoms with Crippen LogP contribution in [0.4, 0.5) is 11.4 Å². The molecule has 8 heteroatoms. The first-order valence-electron chi connectivity index (χ1n) is 8.05. The summed E-state index contributed by atoms with van der Waals surface area (Å²) >= 11 is 0. The number of amides is 2. The van der Waals surface area contributed by atoms with E-state index in [2.05, 4.69) is 5.32 Å². The highest BCUT2D eigenvalue weighted by Gasteiger charge is 2.27. The Kier molecular flexibility index (Phi) is 4.37. The average Bonchev–Trinajstić information content (AvgIpc) is 3.38. The zero-order valence-electron chi connectivity index (χ0n) is 13.5. The summed E-state index contributed by atoms with van der Waals surface area (Å²) in [6, 6.07) is 4.86. The molecule has 8 nitrogen and oxygen atoms in total. The molecule has 0 radical (unpaired) electrons. The molecule has 0 spiro atoms. The van der Waals surface area contributed by atoms with E-state index in [4.69, 9.17) is 0 Å². The molecule has 2 fully saturated rings. The summed E-state index contributed by atoms with van der Waals surface area (Å²) in [7, 11) is 0. The van der Waals surface area contributed by atoms with Crippen LogP contribution in [0.15, 0.2) is 18.2 Å². The third kappa shape index (κ3) is 3.47. The minimum Gasteiger partial charge on any atom is -0.377 e. The lowest BCUT2D eigenvalue weighted by Crippen LogP contribution is -2.50. The Morgan fingerprint density at radius 3 is 2.33 bits per heavy atom. The molecular formula is C16H20N4O4. The SMILES string of the molecule is CC(=O)N1CCN(C(=O)c2ccc(NC3CC3)c([N+](=O)[O-])c2)CC1. The molecular weight excluding hydrogens is 312 g/mol. The van der Waals surface area contributed by atoms with E-state index in [1.165, 1.54) is 13.0 Å². The van der Waals surface area contributed by atoms with Crippen LogP contribution in [0.25, 0.3) is 0 Å². The number of nitro groups is 1. The summed E-state index contributed by atoms with van der Waals surface area (Å²) in [5.41, 5.74) is 0.690. The molecule has 3 rings (SSSR count). The first-order valence-corrected chi connectivity index (χ1v) is 8.05. The van der Waals surface area contributed by atoms with Gasteiger partial charge in [0.2, 0.25) is 5.91 Å². The second kappa shape index (κ2) is 6.46. The lowest BCUT2D eigenvalue weighted by atomic mass is 10.1. The number of rotatable bonds is 4. The average molecular weight is 332 g/mol. The highest BCUT2D eigenvalue weighted by molar-refractivity contribution is 5.96. The first-order chi connectivity index (χ1) is 11.5. The van der Waals surface area contributed by atoms with Gasteiger partial charge in [0.25, 0.3) is 11.6 Å². The monoisotopic (exact) mass is 332 g/mol. The lowest BCUT2D eigenvalue weighted by molar-refractivity contribution is -0.384. The van der Waals surface area contributed by atoms with Gasteiger partial charge in [-0.3, -0.25) is 19.7 Å². The Bertz CT molecular complexity index is 679. The Labute approximate surface area is 139 Å². The molecule has 1 N–H and O–H groups in total. The number of nitrogens with zero attached hydrogens (tertiary/aromatic N) is 3. The van der Waals surface area contributed by atoms with Gasteiger partial charge in [-0.05, 0) is 25.0 Å². The van der Waals surface area contributed by atoms with Crippen molar-refractivity contribution >= 4 is 23.2 Å². The Morgan fingerprint density at radius 1 is 1.17 bits per heavy atom. The lowest BCUT2D eigenvalue weighted by Gasteiger charge is -2.34. The number of anilines is 1. The summed E-state index contributed by atoms with van der Waals surface area (Å²) in [5.74, 6) is -0.243. The third-order valence-corrected chi connectivity index (χ3v) is 4.39. The van der Waals surface area contributed by atoms with E-state index in [1.807, 2.05) is 0 Å². The molecule has 0 atom stereocenters. The van der Waals surface area contributed by atoms with E-state index in [0.29, 0.717) is 43.5 Å². The maximum absolute atomic E-state index is 12.6. The maximum Gasteiger partial charge on any atom is 0.293 e. The summed E-state index contributed by atoms with van der Waals surface area (Å²) in [6.07, 6.45) is 2.02. The van der Waals surface area contributed by atoms with Crippen molar-refractivity contribution in [3.63, 3.8) is 0 Å². The smallest absolute Gasteiger partial charge is 0.293 e. The van der Waals surface area contributed by atoms with E-state index >= 15 is 0 Å². The number of carbonyl (C=O) groups excluding carboxylic acids is 2. The molecule has 0 unspecified atom stereocenters. The third-order valence-electron chi connectivity index (χ3n) is 4.39. The van der Waals surface area contributed by atoms with Crippen LogP contribution in [0.2, 0.25) is 0 Å². The van der Waals surface area contributed by atoms with E-state index < -0.39 is 4.92 Å². The Morgan fingerprint density at radius 2 is 1.79 bits per heavy atom. The molecule has 1 saturated heterocycles.